The van der Waals surface area contributed by atoms with Crippen LogP contribution in [0.2, 0.25) is 0 Å². The van der Waals surface area contributed by atoms with Gasteiger partial charge in [0, 0.05) is 42.3 Å². The highest BCUT2D eigenvalue weighted by atomic mass is 16.5. The minimum absolute atomic E-state index is 0.393. The van der Waals surface area contributed by atoms with Crippen molar-refractivity contribution in [1.29, 1.82) is 0 Å². The number of hydrogen-bond donors (Lipinski definition) is 2. The fraction of sp³-hybridized carbons (Fsp3) is 0.300. The van der Waals surface area contributed by atoms with Crippen molar-refractivity contribution < 1.29 is 4.74 Å². The van der Waals surface area contributed by atoms with Crippen LogP contribution < -0.4 is 16.2 Å². The maximum atomic E-state index is 6.43. The SMILES string of the molecule is NCc1cc(Oc2ccccc2)nc2cc(-c3cn(C4CC(CN5CCC5)C4)c4ncnc(N)c34)ccc12. The minimum atomic E-state index is 0.393. The lowest BCUT2D eigenvalue weighted by Crippen LogP contribution is -2.43. The second kappa shape index (κ2) is 9.38. The summed E-state index contributed by atoms with van der Waals surface area (Å²) < 4.78 is 8.37. The largest absolute Gasteiger partial charge is 0.439 e. The van der Waals surface area contributed by atoms with E-state index in [1.54, 1.807) is 6.33 Å². The van der Waals surface area contributed by atoms with Crippen LogP contribution in [0.1, 0.15) is 30.9 Å². The zero-order chi connectivity index (χ0) is 25.6. The van der Waals surface area contributed by atoms with Crippen molar-refractivity contribution in [2.24, 2.45) is 11.7 Å². The van der Waals surface area contributed by atoms with Gasteiger partial charge in [-0.15, -0.1) is 0 Å². The smallest absolute Gasteiger partial charge is 0.220 e. The van der Waals surface area contributed by atoms with Crippen LogP contribution in [0.3, 0.4) is 0 Å². The molecule has 4 N–H and O–H groups in total. The standard InChI is InChI=1S/C30H31N7O/c31-15-21-14-27(38-23-5-2-1-3-6-23)35-26-13-20(7-8-24(21)26)25-17-37(30-28(25)29(32)33-18-34-30)22-11-19(12-22)16-36-9-4-10-36/h1-3,5-8,13-14,17-19,22H,4,9-12,15-16,31H2,(H2,32,33,34). The van der Waals surface area contributed by atoms with E-state index in [4.69, 9.17) is 21.2 Å². The van der Waals surface area contributed by atoms with Crippen molar-refractivity contribution in [2.75, 3.05) is 25.4 Å². The van der Waals surface area contributed by atoms with E-state index in [0.717, 1.165) is 50.3 Å². The molecule has 0 amide bonds. The maximum Gasteiger partial charge on any atom is 0.220 e. The number of pyridine rings is 1. The first kappa shape index (κ1) is 23.1. The van der Waals surface area contributed by atoms with Crippen LogP contribution in [-0.4, -0.2) is 44.1 Å². The number of likely N-dealkylation sites (tertiary alicyclic amines) is 1. The molecular weight excluding hydrogens is 474 g/mol. The molecule has 0 bridgehead atoms. The summed E-state index contributed by atoms with van der Waals surface area (Å²) in [5.74, 6) is 2.51. The molecule has 8 nitrogen and oxygen atoms in total. The average molecular weight is 506 g/mol. The van der Waals surface area contributed by atoms with Gasteiger partial charge >= 0.3 is 0 Å². The molecule has 2 aliphatic rings. The fourth-order valence-electron chi connectivity index (χ4n) is 5.88. The molecule has 0 unspecified atom stereocenters. The zero-order valence-corrected chi connectivity index (χ0v) is 21.3. The van der Waals surface area contributed by atoms with E-state index in [9.17, 15) is 0 Å². The Balaban J connectivity index is 1.26. The van der Waals surface area contributed by atoms with Crippen LogP contribution in [0.5, 0.6) is 11.6 Å². The highest BCUT2D eigenvalue weighted by Gasteiger charge is 2.34. The predicted octanol–water partition coefficient (Wildman–Crippen LogP) is 5.14. The number of aromatic nitrogens is 4. The molecule has 2 fully saturated rings. The highest BCUT2D eigenvalue weighted by molar-refractivity contribution is 6.02. The Hall–Kier alpha value is -4.01. The number of ether oxygens (including phenoxy) is 1. The molecule has 1 saturated carbocycles. The lowest BCUT2D eigenvalue weighted by atomic mass is 9.79. The minimum Gasteiger partial charge on any atom is -0.439 e. The molecule has 1 aliphatic carbocycles. The van der Waals surface area contributed by atoms with Gasteiger partial charge in [-0.2, -0.15) is 0 Å². The van der Waals surface area contributed by atoms with E-state index in [-0.39, 0.29) is 0 Å². The van der Waals surface area contributed by atoms with Gasteiger partial charge in [0.25, 0.3) is 0 Å². The van der Waals surface area contributed by atoms with E-state index in [1.165, 1.54) is 38.9 Å². The third kappa shape index (κ3) is 4.06. The summed E-state index contributed by atoms with van der Waals surface area (Å²) in [6, 6.07) is 18.3. The topological polar surface area (TPSA) is 108 Å². The number of hydrogen-bond acceptors (Lipinski definition) is 7. The van der Waals surface area contributed by atoms with E-state index in [0.29, 0.717) is 24.3 Å². The van der Waals surface area contributed by atoms with Crippen LogP contribution in [0.15, 0.2) is 67.1 Å². The van der Waals surface area contributed by atoms with E-state index < -0.39 is 0 Å². The third-order valence-corrected chi connectivity index (χ3v) is 8.08. The van der Waals surface area contributed by atoms with Crippen molar-refractivity contribution in [3.8, 4) is 22.8 Å². The summed E-state index contributed by atoms with van der Waals surface area (Å²) in [7, 11) is 0. The van der Waals surface area contributed by atoms with Crippen LogP contribution >= 0.6 is 0 Å². The van der Waals surface area contributed by atoms with E-state index >= 15 is 0 Å². The van der Waals surface area contributed by atoms with E-state index in [1.807, 2.05) is 36.4 Å². The predicted molar refractivity (Wildman–Crippen MR) is 150 cm³/mol. The molecule has 1 saturated heterocycles. The van der Waals surface area contributed by atoms with Gasteiger partial charge < -0.3 is 25.7 Å². The quantitative estimate of drug-likeness (QED) is 0.315. The number of benzene rings is 2. The van der Waals surface area contributed by atoms with Gasteiger partial charge in [0.05, 0.1) is 10.9 Å². The normalized spacial score (nSPS) is 19.4. The van der Waals surface area contributed by atoms with Crippen molar-refractivity contribution in [3.63, 3.8) is 0 Å². The summed E-state index contributed by atoms with van der Waals surface area (Å²) in [6.07, 6.45) is 7.45. The van der Waals surface area contributed by atoms with Gasteiger partial charge in [-0.1, -0.05) is 30.3 Å². The molecule has 7 rings (SSSR count). The Labute approximate surface area is 221 Å². The number of nitrogen functional groups attached to an aromatic ring is 1. The second-order valence-electron chi connectivity index (χ2n) is 10.5. The molecule has 0 spiro atoms. The number of para-hydroxylation sites is 1. The van der Waals surface area contributed by atoms with Crippen LogP contribution in [0, 0.1) is 5.92 Å². The Morgan fingerprint density at radius 1 is 1.00 bits per heavy atom. The molecule has 0 radical (unpaired) electrons. The number of fused-ring (bicyclic) bond motifs is 2. The summed E-state index contributed by atoms with van der Waals surface area (Å²) in [4.78, 5) is 16.4. The lowest BCUT2D eigenvalue weighted by Gasteiger charge is -2.42. The van der Waals surface area contributed by atoms with Crippen molar-refractivity contribution in [3.05, 3.63) is 72.7 Å². The Kier molecular flexibility index (Phi) is 5.71. The molecule has 192 valence electrons. The average Bonchev–Trinajstić information content (AvgIpc) is 3.27. The molecule has 8 heteroatoms. The van der Waals surface area contributed by atoms with Crippen LogP contribution in [-0.2, 0) is 6.54 Å². The summed E-state index contributed by atoms with van der Waals surface area (Å²) in [5.41, 5.74) is 17.3. The first-order chi connectivity index (χ1) is 18.7. The number of rotatable bonds is 7. The second-order valence-corrected chi connectivity index (χ2v) is 10.5. The zero-order valence-electron chi connectivity index (χ0n) is 21.3. The maximum absolute atomic E-state index is 6.43. The van der Waals surface area contributed by atoms with Crippen LogP contribution in [0.4, 0.5) is 5.82 Å². The molecule has 38 heavy (non-hydrogen) atoms. The number of nitrogens with zero attached hydrogens (tertiary/aromatic N) is 5. The molecule has 2 aromatic carbocycles. The first-order valence-electron chi connectivity index (χ1n) is 13.4. The Morgan fingerprint density at radius 2 is 1.84 bits per heavy atom. The fourth-order valence-corrected chi connectivity index (χ4v) is 5.88. The number of anilines is 1. The molecule has 0 atom stereocenters. The third-order valence-electron chi connectivity index (χ3n) is 8.08. The molecule has 3 aromatic heterocycles. The lowest BCUT2D eigenvalue weighted by molar-refractivity contribution is 0.0921. The van der Waals surface area contributed by atoms with E-state index in [2.05, 4.69) is 43.8 Å². The highest BCUT2D eigenvalue weighted by Crippen LogP contribution is 2.43. The van der Waals surface area contributed by atoms with Crippen molar-refractivity contribution in [2.45, 2.75) is 31.8 Å². The monoisotopic (exact) mass is 505 g/mol. The Bertz CT molecular complexity index is 1620. The van der Waals surface area contributed by atoms with Gasteiger partial charge in [-0.3, -0.25) is 0 Å². The first-order valence-corrected chi connectivity index (χ1v) is 13.4. The summed E-state index contributed by atoms with van der Waals surface area (Å²) in [5, 5.41) is 1.91. The van der Waals surface area contributed by atoms with Crippen molar-refractivity contribution >= 4 is 27.8 Å². The molecule has 5 aromatic rings. The summed E-state index contributed by atoms with van der Waals surface area (Å²) >= 11 is 0. The van der Waals surface area contributed by atoms with Crippen LogP contribution in [0.25, 0.3) is 33.1 Å². The number of nitrogens with two attached hydrogens (primary N) is 2. The molecular formula is C30H31N7O. The van der Waals surface area contributed by atoms with Gasteiger partial charge in [-0.25, -0.2) is 15.0 Å². The van der Waals surface area contributed by atoms with Gasteiger partial charge in [0.15, 0.2) is 0 Å². The van der Waals surface area contributed by atoms with Gasteiger partial charge in [-0.05, 0) is 67.6 Å². The van der Waals surface area contributed by atoms with Gasteiger partial charge in [0.1, 0.15) is 23.5 Å². The molecule has 1 aliphatic heterocycles. The van der Waals surface area contributed by atoms with Gasteiger partial charge in [0.2, 0.25) is 5.88 Å². The summed E-state index contributed by atoms with van der Waals surface area (Å²) in [6.45, 7) is 4.11. The Morgan fingerprint density at radius 3 is 2.61 bits per heavy atom. The molecule has 4 heterocycles. The van der Waals surface area contributed by atoms with Crippen molar-refractivity contribution in [1.82, 2.24) is 24.4 Å².